The number of hydrogen-bond donors (Lipinski definition) is 1. The number of aromatic nitrogens is 2. The van der Waals surface area contributed by atoms with Crippen LogP contribution in [0.5, 0.6) is 0 Å². The quantitative estimate of drug-likeness (QED) is 0.884. The van der Waals surface area contributed by atoms with Crippen molar-refractivity contribution in [1.29, 1.82) is 0 Å². The Morgan fingerprint density at radius 3 is 2.94 bits per heavy atom. The van der Waals surface area contributed by atoms with Crippen molar-refractivity contribution in [2.45, 2.75) is 57.5 Å². The van der Waals surface area contributed by atoms with E-state index in [1.54, 1.807) is 6.20 Å². The van der Waals surface area contributed by atoms with Gasteiger partial charge in [-0.05, 0) is 19.3 Å². The third-order valence-corrected chi connectivity index (χ3v) is 3.73. The largest absolute Gasteiger partial charge is 0.327 e. The van der Waals surface area contributed by atoms with Gasteiger partial charge in [0.1, 0.15) is 0 Å². The number of rotatable bonds is 3. The zero-order valence-corrected chi connectivity index (χ0v) is 10.6. The molecule has 0 aliphatic heterocycles. The van der Waals surface area contributed by atoms with E-state index in [1.165, 1.54) is 12.8 Å². The van der Waals surface area contributed by atoms with Gasteiger partial charge in [0.2, 0.25) is 0 Å². The molecule has 2 N–H and O–H groups in total. The maximum absolute atomic E-state index is 6.24. The highest BCUT2D eigenvalue weighted by atomic mass is 35.5. The number of halogens is 1. The topological polar surface area (TPSA) is 43.8 Å². The van der Waals surface area contributed by atoms with Crippen LogP contribution < -0.4 is 5.73 Å². The predicted octanol–water partition coefficient (Wildman–Crippen LogP) is 2.93. The summed E-state index contributed by atoms with van der Waals surface area (Å²) in [5, 5.41) is 5.13. The Hall–Kier alpha value is -0.540. The molecular weight excluding hydrogens is 222 g/mol. The van der Waals surface area contributed by atoms with Crippen molar-refractivity contribution in [1.82, 2.24) is 9.78 Å². The van der Waals surface area contributed by atoms with Crippen LogP contribution in [0, 0.1) is 0 Å². The second-order valence-corrected chi connectivity index (χ2v) is 5.06. The van der Waals surface area contributed by atoms with E-state index in [-0.39, 0.29) is 6.04 Å². The zero-order chi connectivity index (χ0) is 11.5. The highest BCUT2D eigenvalue weighted by Crippen LogP contribution is 2.35. The number of nitrogens with two attached hydrogens (primary N) is 1. The molecule has 2 rings (SSSR count). The Bertz CT molecular complexity index is 348. The van der Waals surface area contributed by atoms with E-state index in [4.69, 9.17) is 17.3 Å². The lowest BCUT2D eigenvalue weighted by atomic mass is 9.83. The number of nitrogens with zero attached hydrogens (tertiary/aromatic N) is 2. The lowest BCUT2D eigenvalue weighted by Crippen LogP contribution is -2.33. The molecule has 90 valence electrons. The summed E-state index contributed by atoms with van der Waals surface area (Å²) in [4.78, 5) is 0. The van der Waals surface area contributed by atoms with E-state index in [2.05, 4.69) is 12.0 Å². The van der Waals surface area contributed by atoms with Gasteiger partial charge < -0.3 is 5.73 Å². The minimum atomic E-state index is 0.249. The maximum atomic E-state index is 6.24. The molecule has 0 saturated heterocycles. The Labute approximate surface area is 102 Å². The molecule has 2 atom stereocenters. The second-order valence-electron chi connectivity index (χ2n) is 4.66. The van der Waals surface area contributed by atoms with Crippen LogP contribution in [0.15, 0.2) is 6.20 Å². The average molecular weight is 242 g/mol. The minimum Gasteiger partial charge on any atom is -0.327 e. The fraction of sp³-hybridized carbons (Fsp3) is 0.750. The fourth-order valence-electron chi connectivity index (χ4n) is 2.63. The fourth-order valence-corrected chi connectivity index (χ4v) is 2.91. The normalized spacial score (nSPS) is 25.9. The van der Waals surface area contributed by atoms with Gasteiger partial charge in [0.25, 0.3) is 0 Å². The Balaban J connectivity index is 2.26. The summed E-state index contributed by atoms with van der Waals surface area (Å²) in [5.41, 5.74) is 7.37. The molecule has 4 heteroatoms. The van der Waals surface area contributed by atoms with Crippen LogP contribution in [0.4, 0.5) is 0 Å². The SMILES string of the molecule is CCCn1ncc(Cl)c1C1CCCCC1N. The summed E-state index contributed by atoms with van der Waals surface area (Å²) < 4.78 is 2.04. The zero-order valence-electron chi connectivity index (χ0n) is 9.82. The highest BCUT2D eigenvalue weighted by Gasteiger charge is 2.28. The smallest absolute Gasteiger partial charge is 0.0821 e. The van der Waals surface area contributed by atoms with Gasteiger partial charge in [0.15, 0.2) is 0 Å². The molecule has 0 bridgehead atoms. The van der Waals surface area contributed by atoms with Crippen molar-refractivity contribution < 1.29 is 0 Å². The van der Waals surface area contributed by atoms with Crippen LogP contribution in [-0.2, 0) is 6.54 Å². The van der Waals surface area contributed by atoms with E-state index in [0.29, 0.717) is 5.92 Å². The molecule has 0 spiro atoms. The first-order valence-corrected chi connectivity index (χ1v) is 6.58. The lowest BCUT2D eigenvalue weighted by Gasteiger charge is -2.29. The Morgan fingerprint density at radius 1 is 1.50 bits per heavy atom. The highest BCUT2D eigenvalue weighted by molar-refractivity contribution is 6.31. The van der Waals surface area contributed by atoms with Gasteiger partial charge >= 0.3 is 0 Å². The molecule has 1 aliphatic carbocycles. The Morgan fingerprint density at radius 2 is 2.25 bits per heavy atom. The standard InChI is InChI=1S/C12H20ClN3/c1-2-7-16-12(10(13)8-15-16)9-5-3-4-6-11(9)14/h8-9,11H,2-7,14H2,1H3. The van der Waals surface area contributed by atoms with Crippen molar-refractivity contribution in [3.05, 3.63) is 16.9 Å². The van der Waals surface area contributed by atoms with Crippen molar-refractivity contribution in [2.75, 3.05) is 0 Å². The van der Waals surface area contributed by atoms with E-state index >= 15 is 0 Å². The molecule has 1 aromatic rings. The Kier molecular flexibility index (Phi) is 3.87. The molecule has 0 radical (unpaired) electrons. The monoisotopic (exact) mass is 241 g/mol. The van der Waals surface area contributed by atoms with E-state index in [1.807, 2.05) is 4.68 Å². The minimum absolute atomic E-state index is 0.249. The predicted molar refractivity (Wildman–Crippen MR) is 66.7 cm³/mol. The summed E-state index contributed by atoms with van der Waals surface area (Å²) in [6, 6.07) is 0.249. The first kappa shape index (κ1) is 11.9. The van der Waals surface area contributed by atoms with Crippen LogP contribution >= 0.6 is 11.6 Å². The summed E-state index contributed by atoms with van der Waals surface area (Å²) in [7, 11) is 0. The number of hydrogen-bond acceptors (Lipinski definition) is 2. The average Bonchev–Trinajstić information content (AvgIpc) is 2.62. The van der Waals surface area contributed by atoms with Gasteiger partial charge in [0.05, 0.1) is 16.9 Å². The van der Waals surface area contributed by atoms with Gasteiger partial charge in [-0.3, -0.25) is 4.68 Å². The van der Waals surface area contributed by atoms with Gasteiger partial charge in [-0.2, -0.15) is 5.10 Å². The summed E-state index contributed by atoms with van der Waals surface area (Å²) in [6.45, 7) is 3.09. The molecular formula is C12H20ClN3. The van der Waals surface area contributed by atoms with Crippen LogP contribution in [-0.4, -0.2) is 15.8 Å². The van der Waals surface area contributed by atoms with Crippen molar-refractivity contribution in [3.63, 3.8) is 0 Å². The molecule has 1 aliphatic rings. The number of aryl methyl sites for hydroxylation is 1. The van der Waals surface area contributed by atoms with Crippen molar-refractivity contribution in [2.24, 2.45) is 5.73 Å². The molecule has 1 saturated carbocycles. The van der Waals surface area contributed by atoms with Crippen molar-refractivity contribution >= 4 is 11.6 Å². The molecule has 1 aromatic heterocycles. The third kappa shape index (κ3) is 2.25. The maximum Gasteiger partial charge on any atom is 0.0821 e. The van der Waals surface area contributed by atoms with Gasteiger partial charge in [0, 0.05) is 18.5 Å². The van der Waals surface area contributed by atoms with Gasteiger partial charge in [-0.1, -0.05) is 31.4 Å². The summed E-state index contributed by atoms with van der Waals surface area (Å²) in [6.07, 6.45) is 7.60. The first-order chi connectivity index (χ1) is 7.74. The third-order valence-electron chi connectivity index (χ3n) is 3.44. The summed E-state index contributed by atoms with van der Waals surface area (Å²) >= 11 is 6.24. The van der Waals surface area contributed by atoms with Crippen LogP contribution in [0.2, 0.25) is 5.02 Å². The van der Waals surface area contributed by atoms with Crippen LogP contribution in [0.25, 0.3) is 0 Å². The lowest BCUT2D eigenvalue weighted by molar-refractivity contribution is 0.364. The van der Waals surface area contributed by atoms with Crippen molar-refractivity contribution in [3.8, 4) is 0 Å². The molecule has 3 nitrogen and oxygen atoms in total. The molecule has 1 heterocycles. The second kappa shape index (κ2) is 5.19. The van der Waals surface area contributed by atoms with Gasteiger partial charge in [-0.25, -0.2) is 0 Å². The van der Waals surface area contributed by atoms with Crippen LogP contribution in [0.1, 0.15) is 50.6 Å². The summed E-state index contributed by atoms with van der Waals surface area (Å²) in [5.74, 6) is 0.398. The molecule has 1 fully saturated rings. The molecule has 0 amide bonds. The molecule has 16 heavy (non-hydrogen) atoms. The van der Waals surface area contributed by atoms with E-state index in [9.17, 15) is 0 Å². The first-order valence-electron chi connectivity index (χ1n) is 6.20. The van der Waals surface area contributed by atoms with Crippen LogP contribution in [0.3, 0.4) is 0 Å². The van der Waals surface area contributed by atoms with E-state index in [0.717, 1.165) is 36.5 Å². The van der Waals surface area contributed by atoms with Gasteiger partial charge in [-0.15, -0.1) is 0 Å². The molecule has 0 aromatic carbocycles. The van der Waals surface area contributed by atoms with E-state index < -0.39 is 0 Å². The molecule has 2 unspecified atom stereocenters.